The molecule has 4 heteroatoms. The van der Waals surface area contributed by atoms with E-state index in [-0.39, 0.29) is 0 Å². The van der Waals surface area contributed by atoms with Gasteiger partial charge in [-0.15, -0.1) is 5.11 Å². The number of phenolic OH excluding ortho intramolecular Hbond substituents is 1. The average molecular weight is 293 g/mol. The van der Waals surface area contributed by atoms with Gasteiger partial charge in [-0.1, -0.05) is 18.2 Å². The van der Waals surface area contributed by atoms with Gasteiger partial charge >= 0.3 is 0 Å². The quantitative estimate of drug-likeness (QED) is 0.828. The number of nitrogens with zero attached hydrogens (tertiary/aromatic N) is 3. The molecule has 2 aliphatic rings. The zero-order valence-corrected chi connectivity index (χ0v) is 12.5. The lowest BCUT2D eigenvalue weighted by Crippen LogP contribution is -2.34. The van der Waals surface area contributed by atoms with E-state index in [9.17, 15) is 5.11 Å². The summed E-state index contributed by atoms with van der Waals surface area (Å²) in [5.74, 6) is 0.310. The van der Waals surface area contributed by atoms with Crippen LogP contribution in [0, 0.1) is 0 Å². The van der Waals surface area contributed by atoms with Gasteiger partial charge in [-0.3, -0.25) is 0 Å². The van der Waals surface area contributed by atoms with Crippen molar-refractivity contribution in [3.05, 3.63) is 47.5 Å². The predicted octanol–water partition coefficient (Wildman–Crippen LogP) is 4.51. The van der Waals surface area contributed by atoms with Gasteiger partial charge in [0.2, 0.25) is 0 Å². The first kappa shape index (κ1) is 13.3. The third-order valence-corrected chi connectivity index (χ3v) is 4.50. The number of aryl methyl sites for hydroxylation is 1. The van der Waals surface area contributed by atoms with Crippen LogP contribution in [0.2, 0.25) is 0 Å². The van der Waals surface area contributed by atoms with Crippen LogP contribution in [0.1, 0.15) is 24.0 Å². The van der Waals surface area contributed by atoms with E-state index in [1.165, 1.54) is 17.7 Å². The summed E-state index contributed by atoms with van der Waals surface area (Å²) in [6.45, 7) is 2.20. The summed E-state index contributed by atoms with van der Waals surface area (Å²) in [6, 6.07) is 11.6. The van der Waals surface area contributed by atoms with Crippen molar-refractivity contribution in [2.24, 2.45) is 10.2 Å². The number of rotatable bonds is 2. The van der Waals surface area contributed by atoms with Gasteiger partial charge in [0.05, 0.1) is 5.69 Å². The molecule has 0 spiro atoms. The topological polar surface area (TPSA) is 48.2 Å². The van der Waals surface area contributed by atoms with Crippen LogP contribution in [0.3, 0.4) is 0 Å². The highest BCUT2D eigenvalue weighted by Crippen LogP contribution is 2.45. The fraction of sp³-hybridized carbons (Fsp3) is 0.333. The van der Waals surface area contributed by atoms with E-state index in [0.717, 1.165) is 43.6 Å². The minimum Gasteiger partial charge on any atom is -0.505 e. The van der Waals surface area contributed by atoms with Gasteiger partial charge in [0.25, 0.3) is 0 Å². The molecule has 0 aliphatic carbocycles. The van der Waals surface area contributed by atoms with Crippen LogP contribution in [0.25, 0.3) is 0 Å². The van der Waals surface area contributed by atoms with E-state index in [0.29, 0.717) is 11.4 Å². The number of phenols is 1. The highest BCUT2D eigenvalue weighted by molar-refractivity contribution is 5.74. The van der Waals surface area contributed by atoms with Gasteiger partial charge in [-0.2, -0.15) is 5.11 Å². The lowest BCUT2D eigenvalue weighted by Gasteiger charge is -2.37. The second-order valence-corrected chi connectivity index (χ2v) is 5.96. The number of hydrogen-bond acceptors (Lipinski definition) is 4. The summed E-state index contributed by atoms with van der Waals surface area (Å²) < 4.78 is 0. The lowest BCUT2D eigenvalue weighted by atomic mass is 9.90. The fourth-order valence-electron chi connectivity index (χ4n) is 3.51. The Hall–Kier alpha value is -2.36. The van der Waals surface area contributed by atoms with Gasteiger partial charge in [-0.05, 0) is 49.4 Å². The van der Waals surface area contributed by atoms with Gasteiger partial charge in [0.15, 0.2) is 0 Å². The van der Waals surface area contributed by atoms with Crippen LogP contribution >= 0.6 is 0 Å². The minimum atomic E-state index is 0.310. The van der Waals surface area contributed by atoms with Crippen molar-refractivity contribution in [3.63, 3.8) is 0 Å². The Morgan fingerprint density at radius 3 is 2.55 bits per heavy atom. The molecule has 1 N–H and O–H groups in total. The molecule has 0 amide bonds. The third-order valence-electron chi connectivity index (χ3n) is 4.50. The number of aromatic hydroxyl groups is 1. The molecule has 0 bridgehead atoms. The van der Waals surface area contributed by atoms with Gasteiger partial charge in [0, 0.05) is 24.3 Å². The van der Waals surface area contributed by atoms with E-state index in [2.05, 4.69) is 15.1 Å². The van der Waals surface area contributed by atoms with Crippen molar-refractivity contribution in [3.8, 4) is 5.75 Å². The Balaban J connectivity index is 1.76. The second-order valence-electron chi connectivity index (χ2n) is 5.96. The standard InChI is InChI=1S/C18H19N3O/c22-18-15-9-5-11-21-10-4-6-13(17(15)21)12-16(18)20-19-14-7-2-1-3-8-14/h1-3,7-8,12,22H,4-6,9-11H2. The summed E-state index contributed by atoms with van der Waals surface area (Å²) in [6.07, 6.45) is 4.26. The molecule has 22 heavy (non-hydrogen) atoms. The van der Waals surface area contributed by atoms with Gasteiger partial charge in [-0.25, -0.2) is 0 Å². The Bertz CT molecular complexity index is 723. The van der Waals surface area contributed by atoms with E-state index < -0.39 is 0 Å². The van der Waals surface area contributed by atoms with Crippen LogP contribution < -0.4 is 4.90 Å². The van der Waals surface area contributed by atoms with Crippen molar-refractivity contribution in [1.82, 2.24) is 0 Å². The van der Waals surface area contributed by atoms with Crippen LogP contribution in [-0.2, 0) is 12.8 Å². The molecule has 0 atom stereocenters. The van der Waals surface area contributed by atoms with E-state index in [1.807, 2.05) is 36.4 Å². The molecule has 2 aliphatic heterocycles. The Labute approximate surface area is 130 Å². The molecule has 2 aromatic carbocycles. The molecular weight excluding hydrogens is 274 g/mol. The third kappa shape index (κ3) is 2.25. The van der Waals surface area contributed by atoms with Gasteiger partial charge in [0.1, 0.15) is 11.4 Å². The van der Waals surface area contributed by atoms with Crippen molar-refractivity contribution in [2.45, 2.75) is 25.7 Å². The molecule has 0 aromatic heterocycles. The second kappa shape index (κ2) is 5.44. The first-order valence-electron chi connectivity index (χ1n) is 7.92. The van der Waals surface area contributed by atoms with Crippen LogP contribution in [0.5, 0.6) is 5.75 Å². The van der Waals surface area contributed by atoms with E-state index >= 15 is 0 Å². The summed E-state index contributed by atoms with van der Waals surface area (Å²) in [5, 5.41) is 19.1. The maximum Gasteiger partial charge on any atom is 0.148 e. The van der Waals surface area contributed by atoms with Crippen LogP contribution in [0.15, 0.2) is 46.6 Å². The lowest BCUT2D eigenvalue weighted by molar-refractivity contribution is 0.463. The maximum absolute atomic E-state index is 10.6. The highest BCUT2D eigenvalue weighted by atomic mass is 16.3. The summed E-state index contributed by atoms with van der Waals surface area (Å²) in [5.41, 5.74) is 5.02. The summed E-state index contributed by atoms with van der Waals surface area (Å²) in [4.78, 5) is 2.41. The van der Waals surface area contributed by atoms with Crippen molar-refractivity contribution < 1.29 is 5.11 Å². The molecule has 0 unspecified atom stereocenters. The van der Waals surface area contributed by atoms with Crippen LogP contribution in [0.4, 0.5) is 17.1 Å². The Morgan fingerprint density at radius 2 is 1.73 bits per heavy atom. The zero-order chi connectivity index (χ0) is 14.9. The number of benzene rings is 2. The van der Waals surface area contributed by atoms with Crippen LogP contribution in [-0.4, -0.2) is 18.2 Å². The number of hydrogen-bond donors (Lipinski definition) is 1. The highest BCUT2D eigenvalue weighted by Gasteiger charge is 2.27. The molecular formula is C18H19N3O. The van der Waals surface area contributed by atoms with Crippen molar-refractivity contribution in [2.75, 3.05) is 18.0 Å². The average Bonchev–Trinajstić information content (AvgIpc) is 2.58. The minimum absolute atomic E-state index is 0.310. The molecule has 112 valence electrons. The summed E-state index contributed by atoms with van der Waals surface area (Å²) in [7, 11) is 0. The normalized spacial score (nSPS) is 16.8. The smallest absolute Gasteiger partial charge is 0.148 e. The zero-order valence-electron chi connectivity index (χ0n) is 12.5. The molecule has 4 rings (SSSR count). The first-order valence-corrected chi connectivity index (χ1v) is 7.92. The van der Waals surface area contributed by atoms with E-state index in [4.69, 9.17) is 0 Å². The largest absolute Gasteiger partial charge is 0.505 e. The first-order chi connectivity index (χ1) is 10.8. The monoisotopic (exact) mass is 293 g/mol. The Kier molecular flexibility index (Phi) is 3.29. The predicted molar refractivity (Wildman–Crippen MR) is 87.6 cm³/mol. The molecule has 0 saturated heterocycles. The molecule has 2 heterocycles. The molecule has 0 fully saturated rings. The number of azo groups is 1. The number of anilines is 1. The van der Waals surface area contributed by atoms with Crippen molar-refractivity contribution >= 4 is 17.1 Å². The summed E-state index contributed by atoms with van der Waals surface area (Å²) >= 11 is 0. The Morgan fingerprint density at radius 1 is 0.955 bits per heavy atom. The maximum atomic E-state index is 10.6. The SMILES string of the molecule is Oc1c(N=Nc2ccccc2)cc2c3c1CCCN3CCC2. The molecule has 0 saturated carbocycles. The fourth-order valence-corrected chi connectivity index (χ4v) is 3.51. The van der Waals surface area contributed by atoms with E-state index in [1.54, 1.807) is 0 Å². The molecule has 4 nitrogen and oxygen atoms in total. The van der Waals surface area contributed by atoms with Crippen molar-refractivity contribution in [1.29, 1.82) is 0 Å². The molecule has 0 radical (unpaired) electrons. The van der Waals surface area contributed by atoms with Gasteiger partial charge < -0.3 is 10.0 Å². The molecule has 2 aromatic rings.